The molecule has 0 N–H and O–H groups in total. The van der Waals surface area contributed by atoms with E-state index in [-0.39, 0.29) is 18.1 Å². The second-order valence-electron chi connectivity index (χ2n) is 7.55. The predicted octanol–water partition coefficient (Wildman–Crippen LogP) is 6.25. The average Bonchev–Trinajstić information content (AvgIpc) is 3.38. The number of carbonyl (C=O) groups excluding carboxylic acids is 2. The molecule has 0 bridgehead atoms. The molecule has 1 fully saturated rings. The Labute approximate surface area is 212 Å². The predicted molar refractivity (Wildman–Crippen MR) is 142 cm³/mol. The molecule has 0 unspecified atom stereocenters. The number of rotatable bonds is 6. The molecular weight excluding hydrogens is 492 g/mol. The molecule has 1 aromatic heterocycles. The number of ether oxygens (including phenoxy) is 1. The fourth-order valence-electron chi connectivity index (χ4n) is 3.35. The zero-order valence-electron chi connectivity index (χ0n) is 18.7. The SMILES string of the molecule is CCOC(=O)c1cc(-c2ccc(/C=C3/SC(=S)N(c4ccc(N(C)C)cc4)C3=O)o2)ccc1Cl. The Balaban J connectivity index is 1.57. The van der Waals surface area contributed by atoms with Crippen molar-refractivity contribution < 1.29 is 18.7 Å². The summed E-state index contributed by atoms with van der Waals surface area (Å²) in [5.41, 5.74) is 2.67. The number of thiocarbonyl (C=S) groups is 1. The summed E-state index contributed by atoms with van der Waals surface area (Å²) >= 11 is 12.8. The average molecular weight is 513 g/mol. The van der Waals surface area contributed by atoms with Crippen molar-refractivity contribution in [1.82, 2.24) is 0 Å². The van der Waals surface area contributed by atoms with Gasteiger partial charge < -0.3 is 14.1 Å². The number of benzene rings is 2. The smallest absolute Gasteiger partial charge is 0.339 e. The number of thioether (sulfide) groups is 1. The molecule has 2 aromatic carbocycles. The van der Waals surface area contributed by atoms with E-state index in [0.29, 0.717) is 37.0 Å². The Hall–Kier alpha value is -3.07. The van der Waals surface area contributed by atoms with Gasteiger partial charge in [0.25, 0.3) is 5.91 Å². The zero-order valence-corrected chi connectivity index (χ0v) is 21.1. The van der Waals surface area contributed by atoms with E-state index in [9.17, 15) is 9.59 Å². The van der Waals surface area contributed by atoms with E-state index in [0.717, 1.165) is 5.69 Å². The number of esters is 1. The summed E-state index contributed by atoms with van der Waals surface area (Å²) in [6.07, 6.45) is 1.67. The second kappa shape index (κ2) is 10.0. The van der Waals surface area contributed by atoms with Gasteiger partial charge in [-0.05, 0) is 61.5 Å². The minimum absolute atomic E-state index is 0.207. The molecular formula is C25H21ClN2O4S2. The summed E-state index contributed by atoms with van der Waals surface area (Å²) in [5.74, 6) is 0.319. The van der Waals surface area contributed by atoms with Crippen molar-refractivity contribution in [3.63, 3.8) is 0 Å². The minimum Gasteiger partial charge on any atom is -0.462 e. The van der Waals surface area contributed by atoms with Crippen LogP contribution in [0.4, 0.5) is 11.4 Å². The molecule has 0 spiro atoms. The Bertz CT molecular complexity index is 1300. The first-order chi connectivity index (χ1) is 16.3. The van der Waals surface area contributed by atoms with Crippen molar-refractivity contribution in [3.8, 4) is 11.3 Å². The molecule has 0 atom stereocenters. The Kier molecular flexibility index (Phi) is 7.11. The van der Waals surface area contributed by atoms with E-state index in [4.69, 9.17) is 33.0 Å². The van der Waals surface area contributed by atoms with E-state index in [1.54, 1.807) is 43.3 Å². The van der Waals surface area contributed by atoms with Gasteiger partial charge >= 0.3 is 5.97 Å². The quantitative estimate of drug-likeness (QED) is 0.220. The van der Waals surface area contributed by atoms with Gasteiger partial charge in [-0.25, -0.2) is 4.79 Å². The third-order valence-corrected chi connectivity index (χ3v) is 6.70. The lowest BCUT2D eigenvalue weighted by Crippen LogP contribution is -2.27. The number of furan rings is 1. The van der Waals surface area contributed by atoms with E-state index in [1.807, 2.05) is 43.3 Å². The van der Waals surface area contributed by atoms with Crippen LogP contribution >= 0.6 is 35.6 Å². The number of hydrogen-bond donors (Lipinski definition) is 0. The first-order valence-electron chi connectivity index (χ1n) is 10.4. The largest absolute Gasteiger partial charge is 0.462 e. The number of halogens is 1. The van der Waals surface area contributed by atoms with Crippen molar-refractivity contribution in [1.29, 1.82) is 0 Å². The van der Waals surface area contributed by atoms with Crippen LogP contribution in [0.1, 0.15) is 23.0 Å². The molecule has 4 rings (SSSR count). The minimum atomic E-state index is -0.497. The molecule has 1 saturated heterocycles. The van der Waals surface area contributed by atoms with Gasteiger partial charge in [0.2, 0.25) is 0 Å². The summed E-state index contributed by atoms with van der Waals surface area (Å²) in [6, 6.07) is 16.1. The fourth-order valence-corrected chi connectivity index (χ4v) is 4.82. The summed E-state index contributed by atoms with van der Waals surface area (Å²) in [7, 11) is 3.91. The van der Waals surface area contributed by atoms with E-state index in [2.05, 4.69) is 0 Å². The first kappa shape index (κ1) is 24.1. The number of anilines is 2. The molecule has 9 heteroatoms. The third kappa shape index (κ3) is 4.89. The van der Waals surface area contributed by atoms with Crippen LogP contribution in [0.25, 0.3) is 17.4 Å². The van der Waals surface area contributed by atoms with Gasteiger partial charge in [0.1, 0.15) is 11.5 Å². The van der Waals surface area contributed by atoms with Crippen LogP contribution in [0.3, 0.4) is 0 Å². The fraction of sp³-hybridized carbons (Fsp3) is 0.160. The molecule has 1 aliphatic rings. The molecule has 6 nitrogen and oxygen atoms in total. The molecule has 0 radical (unpaired) electrons. The van der Waals surface area contributed by atoms with Gasteiger partial charge in [-0.15, -0.1) is 0 Å². The van der Waals surface area contributed by atoms with Gasteiger partial charge in [-0.2, -0.15) is 0 Å². The van der Waals surface area contributed by atoms with Crippen LogP contribution in [0.5, 0.6) is 0 Å². The highest BCUT2D eigenvalue weighted by Crippen LogP contribution is 2.37. The van der Waals surface area contributed by atoms with Crippen molar-refractivity contribution in [2.24, 2.45) is 0 Å². The van der Waals surface area contributed by atoms with Gasteiger partial charge in [0, 0.05) is 31.4 Å². The van der Waals surface area contributed by atoms with E-state index in [1.165, 1.54) is 16.7 Å². The summed E-state index contributed by atoms with van der Waals surface area (Å²) in [4.78, 5) is 29.2. The lowest BCUT2D eigenvalue weighted by molar-refractivity contribution is -0.113. The van der Waals surface area contributed by atoms with Crippen LogP contribution in [0.15, 0.2) is 63.9 Å². The highest BCUT2D eigenvalue weighted by molar-refractivity contribution is 8.27. The Morgan fingerprint density at radius 1 is 1.18 bits per heavy atom. The highest BCUT2D eigenvalue weighted by Gasteiger charge is 2.33. The highest BCUT2D eigenvalue weighted by atomic mass is 35.5. The Morgan fingerprint density at radius 2 is 1.91 bits per heavy atom. The van der Waals surface area contributed by atoms with Crippen LogP contribution in [0, 0.1) is 0 Å². The topological polar surface area (TPSA) is 63.0 Å². The lowest BCUT2D eigenvalue weighted by Gasteiger charge is -2.17. The van der Waals surface area contributed by atoms with Gasteiger partial charge in [0.15, 0.2) is 4.32 Å². The normalized spacial score (nSPS) is 14.7. The molecule has 1 amide bonds. The molecule has 34 heavy (non-hydrogen) atoms. The Morgan fingerprint density at radius 3 is 2.59 bits per heavy atom. The van der Waals surface area contributed by atoms with Gasteiger partial charge in [0.05, 0.1) is 27.8 Å². The monoisotopic (exact) mass is 512 g/mol. The number of carbonyl (C=O) groups is 2. The molecule has 0 aliphatic carbocycles. The van der Waals surface area contributed by atoms with Gasteiger partial charge in [-0.1, -0.05) is 35.6 Å². The molecule has 174 valence electrons. The maximum absolute atomic E-state index is 13.1. The van der Waals surface area contributed by atoms with Crippen LogP contribution in [-0.4, -0.2) is 36.9 Å². The van der Waals surface area contributed by atoms with Crippen LogP contribution in [0.2, 0.25) is 5.02 Å². The standard InChI is InChI=1S/C25H21ClN2O4S2/c1-4-31-24(30)19-13-15(5-11-20(19)26)21-12-10-18(32-21)14-22-23(29)28(25(33)34-22)17-8-6-16(7-9-17)27(2)3/h5-14H,4H2,1-3H3/b22-14+. The molecule has 2 heterocycles. The summed E-state index contributed by atoms with van der Waals surface area (Å²) in [5, 5.41) is 0.302. The molecule has 3 aromatic rings. The van der Waals surface area contributed by atoms with Crippen molar-refractivity contribution in [2.75, 3.05) is 30.5 Å². The van der Waals surface area contributed by atoms with Crippen LogP contribution in [-0.2, 0) is 9.53 Å². The summed E-state index contributed by atoms with van der Waals surface area (Å²) in [6.45, 7) is 1.98. The molecule has 1 aliphatic heterocycles. The van der Waals surface area contributed by atoms with Crippen molar-refractivity contribution in [3.05, 3.63) is 75.8 Å². The van der Waals surface area contributed by atoms with E-state index < -0.39 is 5.97 Å². The lowest BCUT2D eigenvalue weighted by atomic mass is 10.1. The van der Waals surface area contributed by atoms with Gasteiger partial charge in [-0.3, -0.25) is 9.69 Å². The number of amides is 1. The maximum Gasteiger partial charge on any atom is 0.339 e. The maximum atomic E-state index is 13.1. The second-order valence-corrected chi connectivity index (χ2v) is 9.63. The van der Waals surface area contributed by atoms with E-state index >= 15 is 0 Å². The molecule has 0 saturated carbocycles. The van der Waals surface area contributed by atoms with Crippen molar-refractivity contribution >= 4 is 69.2 Å². The van der Waals surface area contributed by atoms with Crippen molar-refractivity contribution in [2.45, 2.75) is 6.92 Å². The third-order valence-electron chi connectivity index (χ3n) is 5.06. The summed E-state index contributed by atoms with van der Waals surface area (Å²) < 4.78 is 11.4. The first-order valence-corrected chi connectivity index (χ1v) is 12.0. The zero-order chi connectivity index (χ0) is 24.4. The number of hydrogen-bond acceptors (Lipinski definition) is 7. The number of nitrogens with zero attached hydrogens (tertiary/aromatic N) is 2. The van der Waals surface area contributed by atoms with Crippen LogP contribution < -0.4 is 9.80 Å².